The van der Waals surface area contributed by atoms with Crippen LogP contribution in [0.1, 0.15) is 44.9 Å². The normalized spacial score (nSPS) is 11.6. The molecule has 0 amide bonds. The molecule has 0 radical (unpaired) electrons. The van der Waals surface area contributed by atoms with Gasteiger partial charge in [-0.05, 0) is 34.0 Å². The molecule has 0 fully saturated rings. The third kappa shape index (κ3) is 3.67. The summed E-state index contributed by atoms with van der Waals surface area (Å²) in [5.74, 6) is 1.30. The average Bonchev–Trinajstić information content (AvgIpc) is 2.86. The summed E-state index contributed by atoms with van der Waals surface area (Å²) in [6.07, 6.45) is 3.79. The van der Waals surface area contributed by atoms with E-state index in [0.29, 0.717) is 12.0 Å². The molecule has 5 heteroatoms. The van der Waals surface area contributed by atoms with Gasteiger partial charge in [0.15, 0.2) is 5.82 Å². The van der Waals surface area contributed by atoms with E-state index in [9.17, 15) is 0 Å². The van der Waals surface area contributed by atoms with Crippen molar-refractivity contribution in [1.82, 2.24) is 20.1 Å². The Labute approximate surface area is 128 Å². The van der Waals surface area contributed by atoms with Crippen LogP contribution >= 0.6 is 15.9 Å². The highest BCUT2D eigenvalue weighted by Crippen LogP contribution is 2.19. The highest BCUT2D eigenvalue weighted by Gasteiger charge is 2.11. The van der Waals surface area contributed by atoms with Gasteiger partial charge in [0.2, 0.25) is 0 Å². The van der Waals surface area contributed by atoms with Crippen molar-refractivity contribution in [3.63, 3.8) is 0 Å². The van der Waals surface area contributed by atoms with E-state index in [1.54, 1.807) is 0 Å². The zero-order valence-corrected chi connectivity index (χ0v) is 14.0. The van der Waals surface area contributed by atoms with Crippen LogP contribution < -0.4 is 5.32 Å². The number of nitrogens with zero attached hydrogens (tertiary/aromatic N) is 3. The number of aromatic nitrogens is 3. The lowest BCUT2D eigenvalue weighted by Gasteiger charge is -2.12. The molecule has 0 bridgehead atoms. The number of halogens is 1. The molecule has 4 nitrogen and oxygen atoms in total. The quantitative estimate of drug-likeness (QED) is 0.906. The second-order valence-electron chi connectivity index (χ2n) is 5.51. The molecule has 20 heavy (non-hydrogen) atoms. The molecule has 0 aliphatic heterocycles. The Bertz CT molecular complexity index is 575. The number of hydrogen-bond donors (Lipinski definition) is 1. The molecular formula is C15H21BrN4. The first-order valence-corrected chi connectivity index (χ1v) is 7.70. The van der Waals surface area contributed by atoms with Gasteiger partial charge < -0.3 is 5.32 Å². The van der Waals surface area contributed by atoms with E-state index >= 15 is 0 Å². The minimum absolute atomic E-state index is 0.420. The Hall–Kier alpha value is -1.20. The van der Waals surface area contributed by atoms with Gasteiger partial charge >= 0.3 is 0 Å². The van der Waals surface area contributed by atoms with E-state index in [4.69, 9.17) is 0 Å². The van der Waals surface area contributed by atoms with Crippen molar-refractivity contribution in [2.45, 2.75) is 46.2 Å². The first kappa shape index (κ1) is 15.2. The highest BCUT2D eigenvalue weighted by molar-refractivity contribution is 9.10. The minimum Gasteiger partial charge on any atom is -0.310 e. The van der Waals surface area contributed by atoms with Crippen molar-refractivity contribution in [2.75, 3.05) is 0 Å². The molecule has 0 saturated carbocycles. The van der Waals surface area contributed by atoms with E-state index in [0.717, 1.165) is 28.1 Å². The van der Waals surface area contributed by atoms with Gasteiger partial charge in [-0.2, -0.15) is 5.10 Å². The number of rotatable bonds is 5. The monoisotopic (exact) mass is 336 g/mol. The first-order valence-electron chi connectivity index (χ1n) is 6.91. The molecule has 2 aromatic heterocycles. The number of hydrogen-bond acceptors (Lipinski definition) is 3. The molecule has 0 aliphatic carbocycles. The summed E-state index contributed by atoms with van der Waals surface area (Å²) in [5.41, 5.74) is 2.21. The Morgan fingerprint density at radius 2 is 2.05 bits per heavy atom. The van der Waals surface area contributed by atoms with Gasteiger partial charge in [-0.25, -0.2) is 9.67 Å². The fraction of sp³-hybridized carbons (Fsp3) is 0.467. The van der Waals surface area contributed by atoms with Crippen molar-refractivity contribution in [3.05, 3.63) is 40.3 Å². The molecule has 1 N–H and O–H groups in total. The summed E-state index contributed by atoms with van der Waals surface area (Å²) in [6.45, 7) is 9.33. The van der Waals surface area contributed by atoms with Crippen LogP contribution in [0.5, 0.6) is 0 Å². The minimum atomic E-state index is 0.420. The molecule has 0 aliphatic rings. The molecule has 0 spiro atoms. The molecule has 0 unspecified atom stereocenters. The van der Waals surface area contributed by atoms with Gasteiger partial charge in [-0.15, -0.1) is 0 Å². The van der Waals surface area contributed by atoms with Crippen LogP contribution in [0.3, 0.4) is 0 Å². The molecule has 0 atom stereocenters. The summed E-state index contributed by atoms with van der Waals surface area (Å²) in [4.78, 5) is 4.51. The summed E-state index contributed by atoms with van der Waals surface area (Å²) in [7, 11) is 0. The molecule has 2 heterocycles. The SMILES string of the molecule is CC(C)NCc1cc(Br)cnc1-n1ccc(C(C)C)n1. The fourth-order valence-electron chi connectivity index (χ4n) is 1.89. The van der Waals surface area contributed by atoms with E-state index < -0.39 is 0 Å². The van der Waals surface area contributed by atoms with Crippen LogP contribution in [0.25, 0.3) is 5.82 Å². The smallest absolute Gasteiger partial charge is 0.157 e. The summed E-state index contributed by atoms with van der Waals surface area (Å²) in [5, 5.41) is 8.04. The largest absolute Gasteiger partial charge is 0.310 e. The average molecular weight is 337 g/mol. The molecule has 108 valence electrons. The van der Waals surface area contributed by atoms with Crippen molar-refractivity contribution in [1.29, 1.82) is 0 Å². The van der Waals surface area contributed by atoms with Gasteiger partial charge in [-0.1, -0.05) is 27.7 Å². The Balaban J connectivity index is 2.33. The Kier molecular flexibility index (Phi) is 4.94. The molecule has 2 aromatic rings. The summed E-state index contributed by atoms with van der Waals surface area (Å²) in [6, 6.07) is 4.58. The van der Waals surface area contributed by atoms with Crippen molar-refractivity contribution >= 4 is 15.9 Å². The summed E-state index contributed by atoms with van der Waals surface area (Å²) < 4.78 is 2.84. The summed E-state index contributed by atoms with van der Waals surface area (Å²) >= 11 is 3.48. The van der Waals surface area contributed by atoms with Crippen LogP contribution in [0.4, 0.5) is 0 Å². The zero-order valence-electron chi connectivity index (χ0n) is 12.4. The van der Waals surface area contributed by atoms with Crippen molar-refractivity contribution < 1.29 is 0 Å². The molecular weight excluding hydrogens is 316 g/mol. The maximum Gasteiger partial charge on any atom is 0.157 e. The van der Waals surface area contributed by atoms with Gasteiger partial charge in [-0.3, -0.25) is 0 Å². The maximum absolute atomic E-state index is 4.61. The van der Waals surface area contributed by atoms with E-state index in [-0.39, 0.29) is 0 Å². The Morgan fingerprint density at radius 1 is 1.30 bits per heavy atom. The van der Waals surface area contributed by atoms with Crippen LogP contribution in [-0.4, -0.2) is 20.8 Å². The predicted molar refractivity (Wildman–Crippen MR) is 85.1 cm³/mol. The third-order valence-corrected chi connectivity index (χ3v) is 3.46. The lowest BCUT2D eigenvalue weighted by Crippen LogP contribution is -2.23. The van der Waals surface area contributed by atoms with Crippen LogP contribution in [0.15, 0.2) is 29.0 Å². The second kappa shape index (κ2) is 6.50. The number of nitrogens with one attached hydrogen (secondary N) is 1. The van der Waals surface area contributed by atoms with Crippen LogP contribution in [0.2, 0.25) is 0 Å². The van der Waals surface area contributed by atoms with Crippen molar-refractivity contribution in [3.8, 4) is 5.82 Å². The van der Waals surface area contributed by atoms with Gasteiger partial charge in [0, 0.05) is 35.0 Å². The highest BCUT2D eigenvalue weighted by atomic mass is 79.9. The van der Waals surface area contributed by atoms with Gasteiger partial charge in [0.1, 0.15) is 0 Å². The van der Waals surface area contributed by atoms with Gasteiger partial charge in [0.05, 0.1) is 5.69 Å². The lowest BCUT2D eigenvalue weighted by molar-refractivity contribution is 0.584. The maximum atomic E-state index is 4.61. The molecule has 0 saturated heterocycles. The zero-order chi connectivity index (χ0) is 14.7. The van der Waals surface area contributed by atoms with E-state index in [1.165, 1.54) is 0 Å². The predicted octanol–water partition coefficient (Wildman–Crippen LogP) is 3.65. The third-order valence-electron chi connectivity index (χ3n) is 3.03. The lowest BCUT2D eigenvalue weighted by atomic mass is 10.1. The van der Waals surface area contributed by atoms with Crippen molar-refractivity contribution in [2.24, 2.45) is 0 Å². The number of pyridine rings is 1. The van der Waals surface area contributed by atoms with Gasteiger partial charge in [0.25, 0.3) is 0 Å². The van der Waals surface area contributed by atoms with E-state index in [2.05, 4.69) is 65.1 Å². The topological polar surface area (TPSA) is 42.7 Å². The van der Waals surface area contributed by atoms with E-state index in [1.807, 2.05) is 23.1 Å². The van der Waals surface area contributed by atoms with Crippen LogP contribution in [0, 0.1) is 0 Å². The Morgan fingerprint density at radius 3 is 2.65 bits per heavy atom. The molecule has 0 aromatic carbocycles. The second-order valence-corrected chi connectivity index (χ2v) is 6.43. The standard InChI is InChI=1S/C15H21BrN4/c1-10(2)14-5-6-20(19-14)15-12(8-17-11(3)4)7-13(16)9-18-15/h5-7,9-11,17H,8H2,1-4H3. The molecule has 2 rings (SSSR count). The van der Waals surface area contributed by atoms with Crippen LogP contribution in [-0.2, 0) is 6.54 Å². The fourth-order valence-corrected chi connectivity index (χ4v) is 2.27. The first-order chi connectivity index (χ1) is 9.47.